The first-order valence-electron chi connectivity index (χ1n) is 10.4. The van der Waals surface area contributed by atoms with Crippen LogP contribution in [0.5, 0.6) is 0 Å². The van der Waals surface area contributed by atoms with Gasteiger partial charge in [0, 0.05) is 35.5 Å². The largest absolute Gasteiger partial charge is 0.272 e. The minimum Gasteiger partial charge on any atom is -0.272 e. The fraction of sp³-hybridized carbons (Fsp3) is 0.0435. The van der Waals surface area contributed by atoms with Crippen LogP contribution in [0.1, 0.15) is 5.56 Å². The molecule has 0 unspecified atom stereocenters. The van der Waals surface area contributed by atoms with Crippen molar-refractivity contribution in [3.63, 3.8) is 0 Å². The van der Waals surface area contributed by atoms with Crippen LogP contribution in [0.15, 0.2) is 89.1 Å². The van der Waals surface area contributed by atoms with Crippen molar-refractivity contribution in [3.8, 4) is 17.1 Å². The molecule has 1 heterocycles. The molecule has 0 fully saturated rings. The van der Waals surface area contributed by atoms with E-state index in [4.69, 9.17) is 0 Å². The fourth-order valence-corrected chi connectivity index (χ4v) is 3.89. The van der Waals surface area contributed by atoms with E-state index < -0.39 is 15.8 Å². The molecular formula is C23H17N7O5S. The molecule has 0 aliphatic carbocycles. The molecule has 0 bridgehead atoms. The first kappa shape index (κ1) is 24.2. The highest BCUT2D eigenvalue weighted by Gasteiger charge is 2.19. The van der Waals surface area contributed by atoms with Gasteiger partial charge in [-0.3, -0.25) is 29.6 Å². The summed E-state index contributed by atoms with van der Waals surface area (Å²) < 4.78 is 1.72. The Bertz CT molecular complexity index is 1440. The van der Waals surface area contributed by atoms with Crippen molar-refractivity contribution < 1.29 is 14.6 Å². The van der Waals surface area contributed by atoms with Crippen LogP contribution in [0, 0.1) is 20.2 Å². The summed E-state index contributed by atoms with van der Waals surface area (Å²) in [7, 11) is 0. The third-order valence-corrected chi connectivity index (χ3v) is 5.73. The Morgan fingerprint density at radius 2 is 1.67 bits per heavy atom. The zero-order valence-electron chi connectivity index (χ0n) is 18.4. The van der Waals surface area contributed by atoms with Crippen molar-refractivity contribution in [2.75, 3.05) is 5.75 Å². The molecule has 0 aliphatic heterocycles. The van der Waals surface area contributed by atoms with Gasteiger partial charge in [0.2, 0.25) is 0 Å². The number of hydrogen-bond donors (Lipinski definition) is 1. The summed E-state index contributed by atoms with van der Waals surface area (Å²) in [5.41, 5.74) is 4.09. The number of amides is 1. The molecule has 0 atom stereocenters. The maximum Gasteiger partial charge on any atom is 0.270 e. The van der Waals surface area contributed by atoms with Crippen molar-refractivity contribution in [2.24, 2.45) is 5.10 Å². The zero-order chi connectivity index (χ0) is 25.5. The molecule has 3 aromatic carbocycles. The number of hydrogen-bond acceptors (Lipinski definition) is 9. The first-order valence-corrected chi connectivity index (χ1v) is 11.4. The molecule has 12 nitrogen and oxygen atoms in total. The summed E-state index contributed by atoms with van der Waals surface area (Å²) in [5, 5.41) is 34.6. The quantitative estimate of drug-likeness (QED) is 0.155. The smallest absolute Gasteiger partial charge is 0.270 e. The van der Waals surface area contributed by atoms with Crippen LogP contribution in [0.25, 0.3) is 17.1 Å². The van der Waals surface area contributed by atoms with E-state index in [0.717, 1.165) is 17.4 Å². The number of thioether (sulfide) groups is 1. The molecule has 1 aromatic heterocycles. The lowest BCUT2D eigenvalue weighted by Gasteiger charge is -2.10. The molecule has 36 heavy (non-hydrogen) atoms. The van der Waals surface area contributed by atoms with E-state index in [1.165, 1.54) is 42.6 Å². The van der Waals surface area contributed by atoms with Gasteiger partial charge < -0.3 is 0 Å². The molecule has 4 rings (SSSR count). The number of rotatable bonds is 9. The SMILES string of the molecule is O=C(CSc1nnc(-c2cccc([N+](=O)[O-])c2)n1-c1ccccc1)NN=Cc1ccc([N+](=O)[O-])cc1. The normalized spacial score (nSPS) is 10.9. The summed E-state index contributed by atoms with van der Waals surface area (Å²) in [5.74, 6) is -0.0426. The van der Waals surface area contributed by atoms with Gasteiger partial charge in [0.05, 0.1) is 21.8 Å². The number of para-hydroxylation sites is 1. The monoisotopic (exact) mass is 503 g/mol. The second-order valence-corrected chi connectivity index (χ2v) is 8.16. The lowest BCUT2D eigenvalue weighted by atomic mass is 10.2. The van der Waals surface area contributed by atoms with E-state index in [-0.39, 0.29) is 17.1 Å². The number of nitro groups is 2. The Hall–Kier alpha value is -4.91. The van der Waals surface area contributed by atoms with Crippen molar-refractivity contribution in [3.05, 3.63) is 105 Å². The van der Waals surface area contributed by atoms with Crippen LogP contribution >= 0.6 is 11.8 Å². The average molecular weight is 504 g/mol. The molecule has 1 amide bonds. The van der Waals surface area contributed by atoms with Crippen LogP contribution in [0.3, 0.4) is 0 Å². The minimum atomic E-state index is -0.501. The lowest BCUT2D eigenvalue weighted by Crippen LogP contribution is -2.20. The van der Waals surface area contributed by atoms with Gasteiger partial charge in [-0.2, -0.15) is 5.10 Å². The van der Waals surface area contributed by atoms with Crippen molar-refractivity contribution >= 4 is 35.3 Å². The summed E-state index contributed by atoms with van der Waals surface area (Å²) in [6.07, 6.45) is 1.37. The lowest BCUT2D eigenvalue weighted by molar-refractivity contribution is -0.385. The second-order valence-electron chi connectivity index (χ2n) is 7.22. The standard InChI is InChI=1S/C23H17N7O5S/c31-21(25-24-14-16-9-11-19(12-10-16)29(32)33)15-36-23-27-26-22(28(23)18-6-2-1-3-7-18)17-5-4-8-20(13-17)30(34)35/h1-14H,15H2,(H,25,31). The molecule has 0 spiro atoms. The number of aromatic nitrogens is 3. The number of carbonyl (C=O) groups is 1. The number of non-ortho nitro benzene ring substituents is 2. The van der Waals surface area contributed by atoms with Crippen LogP contribution in [-0.4, -0.2) is 42.5 Å². The van der Waals surface area contributed by atoms with Crippen LogP contribution in [0.4, 0.5) is 11.4 Å². The van der Waals surface area contributed by atoms with E-state index in [0.29, 0.717) is 22.1 Å². The highest BCUT2D eigenvalue weighted by molar-refractivity contribution is 7.99. The molecule has 4 aromatic rings. The molecule has 1 N–H and O–H groups in total. The molecular weight excluding hydrogens is 486 g/mol. The second kappa shape index (κ2) is 11.0. The van der Waals surface area contributed by atoms with E-state index in [1.807, 2.05) is 30.3 Å². The number of hydrazone groups is 1. The van der Waals surface area contributed by atoms with Gasteiger partial charge in [0.15, 0.2) is 11.0 Å². The van der Waals surface area contributed by atoms with E-state index in [1.54, 1.807) is 16.7 Å². The molecule has 180 valence electrons. The Morgan fingerprint density at radius 3 is 2.36 bits per heavy atom. The van der Waals surface area contributed by atoms with Crippen LogP contribution in [-0.2, 0) is 4.79 Å². The molecule has 0 saturated carbocycles. The molecule has 0 saturated heterocycles. The van der Waals surface area contributed by atoms with Gasteiger partial charge in [0.25, 0.3) is 17.3 Å². The summed E-state index contributed by atoms with van der Waals surface area (Å²) in [6.45, 7) is 0. The number of benzene rings is 3. The van der Waals surface area contributed by atoms with Crippen LogP contribution in [0.2, 0.25) is 0 Å². The summed E-state index contributed by atoms with van der Waals surface area (Å²) in [6, 6.07) is 21.0. The topological polar surface area (TPSA) is 158 Å². The Labute approximate surface area is 208 Å². The third-order valence-electron chi connectivity index (χ3n) is 4.80. The van der Waals surface area contributed by atoms with Crippen molar-refractivity contribution in [1.82, 2.24) is 20.2 Å². The van der Waals surface area contributed by atoms with Gasteiger partial charge in [-0.05, 0) is 29.8 Å². The number of nitro benzene ring substituents is 2. The van der Waals surface area contributed by atoms with Gasteiger partial charge in [-0.15, -0.1) is 10.2 Å². The third kappa shape index (κ3) is 5.77. The fourth-order valence-electron chi connectivity index (χ4n) is 3.14. The maximum atomic E-state index is 12.3. The van der Waals surface area contributed by atoms with Crippen molar-refractivity contribution in [2.45, 2.75) is 5.16 Å². The Balaban J connectivity index is 1.49. The van der Waals surface area contributed by atoms with Gasteiger partial charge >= 0.3 is 0 Å². The van der Waals surface area contributed by atoms with Crippen molar-refractivity contribution in [1.29, 1.82) is 0 Å². The van der Waals surface area contributed by atoms with E-state index in [9.17, 15) is 25.0 Å². The number of carbonyl (C=O) groups excluding carboxylic acids is 1. The maximum absolute atomic E-state index is 12.3. The number of nitrogens with zero attached hydrogens (tertiary/aromatic N) is 6. The Morgan fingerprint density at radius 1 is 0.944 bits per heavy atom. The first-order chi connectivity index (χ1) is 17.4. The minimum absolute atomic E-state index is 0.0303. The predicted octanol–water partition coefficient (Wildman–Crippen LogP) is 3.99. The van der Waals surface area contributed by atoms with Gasteiger partial charge in [-0.1, -0.05) is 42.1 Å². The highest BCUT2D eigenvalue weighted by Crippen LogP contribution is 2.29. The predicted molar refractivity (Wildman–Crippen MR) is 133 cm³/mol. The van der Waals surface area contributed by atoms with E-state index in [2.05, 4.69) is 20.7 Å². The van der Waals surface area contributed by atoms with Gasteiger partial charge in [-0.25, -0.2) is 5.43 Å². The van der Waals surface area contributed by atoms with E-state index >= 15 is 0 Å². The Kier molecular flexibility index (Phi) is 7.41. The summed E-state index contributed by atoms with van der Waals surface area (Å²) in [4.78, 5) is 33.3. The van der Waals surface area contributed by atoms with Crippen LogP contribution < -0.4 is 5.43 Å². The summed E-state index contributed by atoms with van der Waals surface area (Å²) >= 11 is 1.12. The molecule has 0 aliphatic rings. The highest BCUT2D eigenvalue weighted by atomic mass is 32.2. The molecule has 13 heteroatoms. The van der Waals surface area contributed by atoms with Gasteiger partial charge in [0.1, 0.15) is 0 Å². The molecule has 0 radical (unpaired) electrons. The zero-order valence-corrected chi connectivity index (χ0v) is 19.2. The average Bonchev–Trinajstić information content (AvgIpc) is 3.32. The number of nitrogens with one attached hydrogen (secondary N) is 1.